The number of nitrogens with one attached hydrogen (secondary N) is 3. The van der Waals surface area contributed by atoms with Crippen LogP contribution in [0.25, 0.3) is 17.2 Å². The zero-order chi connectivity index (χ0) is 21.8. The Morgan fingerprint density at radius 2 is 2.13 bits per heavy atom. The van der Waals surface area contributed by atoms with Gasteiger partial charge in [0.05, 0.1) is 12.9 Å². The summed E-state index contributed by atoms with van der Waals surface area (Å²) in [5.41, 5.74) is 4.63. The van der Waals surface area contributed by atoms with Gasteiger partial charge in [0.25, 0.3) is 5.91 Å². The van der Waals surface area contributed by atoms with Crippen LogP contribution in [0.1, 0.15) is 37.4 Å². The molecule has 1 fully saturated rings. The molecule has 1 amide bonds. The molecular weight excluding hydrogens is 398 g/mol. The van der Waals surface area contributed by atoms with Crippen molar-refractivity contribution in [3.63, 3.8) is 0 Å². The van der Waals surface area contributed by atoms with E-state index >= 15 is 0 Å². The molecule has 1 aliphatic heterocycles. The number of hydroxylamine groups is 1. The van der Waals surface area contributed by atoms with Crippen molar-refractivity contribution in [2.45, 2.75) is 26.0 Å². The zero-order valence-electron chi connectivity index (χ0n) is 17.4. The third-order valence-corrected chi connectivity index (χ3v) is 4.92. The van der Waals surface area contributed by atoms with Crippen LogP contribution >= 0.6 is 0 Å². The lowest BCUT2D eigenvalue weighted by molar-refractivity contribution is -0.124. The van der Waals surface area contributed by atoms with Gasteiger partial charge in [-0.3, -0.25) is 10.0 Å². The molecule has 0 bridgehead atoms. The summed E-state index contributed by atoms with van der Waals surface area (Å²) in [7, 11) is 0. The number of imidazole rings is 1. The first-order valence-electron chi connectivity index (χ1n) is 10.1. The number of rotatable bonds is 6. The molecule has 0 saturated carbocycles. The molecule has 1 unspecified atom stereocenters. The fraction of sp³-hybridized carbons (Fsp3) is 0.333. The number of hydrogen-bond donors (Lipinski definition) is 4. The summed E-state index contributed by atoms with van der Waals surface area (Å²) in [5, 5.41) is 15.2. The molecule has 10 nitrogen and oxygen atoms in total. The predicted molar refractivity (Wildman–Crippen MR) is 116 cm³/mol. The Morgan fingerprint density at radius 3 is 2.81 bits per heavy atom. The Bertz CT molecular complexity index is 1090. The van der Waals surface area contributed by atoms with E-state index in [1.807, 2.05) is 28.8 Å². The van der Waals surface area contributed by atoms with Gasteiger partial charge in [-0.2, -0.15) is 0 Å². The monoisotopic (exact) mass is 423 g/mol. The fourth-order valence-electron chi connectivity index (χ4n) is 3.30. The largest absolute Gasteiger partial charge is 0.368 e. The molecule has 3 heterocycles. The van der Waals surface area contributed by atoms with Crippen molar-refractivity contribution in [2.75, 3.05) is 25.0 Å². The van der Waals surface area contributed by atoms with Gasteiger partial charge in [0.1, 0.15) is 6.10 Å². The zero-order valence-corrected chi connectivity index (χ0v) is 17.4. The molecule has 3 aromatic rings. The fourth-order valence-corrected chi connectivity index (χ4v) is 3.30. The molecule has 0 spiro atoms. The average Bonchev–Trinajstić information content (AvgIpc) is 3.23. The lowest BCUT2D eigenvalue weighted by atomic mass is 10.2. The molecule has 4 N–H and O–H groups in total. The minimum absolute atomic E-state index is 0.202. The van der Waals surface area contributed by atoms with Gasteiger partial charge in [-0.05, 0) is 37.6 Å². The average molecular weight is 423 g/mol. The van der Waals surface area contributed by atoms with E-state index in [2.05, 4.69) is 29.5 Å². The number of hydrogen-bond acceptors (Lipinski definition) is 8. The molecule has 0 radical (unpaired) electrons. The highest BCUT2D eigenvalue weighted by molar-refractivity contribution is 5.91. The number of amides is 1. The second kappa shape index (κ2) is 9.21. The maximum atomic E-state index is 11.1. The summed E-state index contributed by atoms with van der Waals surface area (Å²) in [6, 6.07) is 7.66. The minimum atomic E-state index is -0.585. The van der Waals surface area contributed by atoms with Gasteiger partial charge in [-0.15, -0.1) is 0 Å². The second-order valence-electron chi connectivity index (χ2n) is 7.47. The van der Waals surface area contributed by atoms with Crippen LogP contribution in [0.2, 0.25) is 0 Å². The molecule has 31 heavy (non-hydrogen) atoms. The van der Waals surface area contributed by atoms with Gasteiger partial charge in [-0.1, -0.05) is 12.1 Å². The highest BCUT2D eigenvalue weighted by Gasteiger charge is 2.23. The number of benzene rings is 1. The Morgan fingerprint density at radius 1 is 1.32 bits per heavy atom. The summed E-state index contributed by atoms with van der Waals surface area (Å²) in [4.78, 5) is 25.2. The number of carbonyl (C=O) groups excluding carboxylic acids is 1. The van der Waals surface area contributed by atoms with Crippen molar-refractivity contribution >= 4 is 34.7 Å². The molecule has 0 aliphatic carbocycles. The summed E-state index contributed by atoms with van der Waals surface area (Å²) in [6.07, 6.45) is 4.41. The van der Waals surface area contributed by atoms with Crippen LogP contribution < -0.4 is 16.1 Å². The molecule has 162 valence electrons. The van der Waals surface area contributed by atoms with E-state index in [1.54, 1.807) is 17.9 Å². The van der Waals surface area contributed by atoms with Crippen molar-refractivity contribution in [3.05, 3.63) is 48.1 Å². The van der Waals surface area contributed by atoms with Crippen LogP contribution in [-0.4, -0.2) is 50.3 Å². The van der Waals surface area contributed by atoms with E-state index in [0.717, 1.165) is 23.4 Å². The third kappa shape index (κ3) is 4.71. The number of anilines is 2. The number of carbonyl (C=O) groups is 1. The van der Waals surface area contributed by atoms with Gasteiger partial charge in [0, 0.05) is 30.9 Å². The van der Waals surface area contributed by atoms with Crippen LogP contribution in [0.15, 0.2) is 36.7 Å². The Labute approximate surface area is 179 Å². The highest BCUT2D eigenvalue weighted by Crippen LogP contribution is 2.27. The number of morpholine rings is 1. The molecule has 1 aromatic carbocycles. The van der Waals surface area contributed by atoms with E-state index in [9.17, 15) is 4.79 Å². The maximum Gasteiger partial charge on any atom is 0.267 e. The highest BCUT2D eigenvalue weighted by atomic mass is 16.5. The number of ether oxygens (including phenoxy) is 1. The maximum absolute atomic E-state index is 11.1. The Balaban J connectivity index is 1.66. The van der Waals surface area contributed by atoms with E-state index in [0.29, 0.717) is 30.3 Å². The lowest BCUT2D eigenvalue weighted by Gasteiger charge is -2.23. The van der Waals surface area contributed by atoms with Crippen molar-refractivity contribution < 1.29 is 14.7 Å². The van der Waals surface area contributed by atoms with Crippen LogP contribution in [-0.2, 0) is 9.53 Å². The summed E-state index contributed by atoms with van der Waals surface area (Å²) in [6.45, 7) is 6.25. The SMILES string of the molecule is CC(C)n1cnc2c(Nc3ccc(/C=C/C(=O)NO)cc3)nc(C3CNCCO3)nc21. The molecule has 4 rings (SSSR count). The standard InChI is InChI=1S/C21H25N7O3/c1-13(2)28-12-23-18-20(25-19(26-21(18)28)16-11-22-9-10-31-16)24-15-6-3-14(4-7-15)5-8-17(29)27-30/h3-8,12-13,16,22,30H,9-11H2,1-2H3,(H,27,29)(H,24,25,26)/b8-5+. The van der Waals surface area contributed by atoms with Crippen molar-refractivity contribution in [3.8, 4) is 0 Å². The van der Waals surface area contributed by atoms with E-state index in [1.165, 1.54) is 6.08 Å². The van der Waals surface area contributed by atoms with E-state index in [-0.39, 0.29) is 12.1 Å². The van der Waals surface area contributed by atoms with Crippen LogP contribution in [0, 0.1) is 0 Å². The van der Waals surface area contributed by atoms with Crippen molar-refractivity contribution in [1.82, 2.24) is 30.3 Å². The van der Waals surface area contributed by atoms with Crippen LogP contribution in [0.4, 0.5) is 11.5 Å². The molecule has 1 atom stereocenters. The van der Waals surface area contributed by atoms with Crippen molar-refractivity contribution in [1.29, 1.82) is 0 Å². The quantitative estimate of drug-likeness (QED) is 0.270. The number of aromatic nitrogens is 4. The predicted octanol–water partition coefficient (Wildman–Crippen LogP) is 2.33. The summed E-state index contributed by atoms with van der Waals surface area (Å²) < 4.78 is 7.88. The van der Waals surface area contributed by atoms with Gasteiger partial charge >= 0.3 is 0 Å². The van der Waals surface area contributed by atoms with Crippen molar-refractivity contribution in [2.24, 2.45) is 0 Å². The smallest absolute Gasteiger partial charge is 0.267 e. The Kier molecular flexibility index (Phi) is 6.21. The van der Waals surface area contributed by atoms with Gasteiger partial charge < -0.3 is 19.9 Å². The van der Waals surface area contributed by atoms with E-state index in [4.69, 9.17) is 19.9 Å². The third-order valence-electron chi connectivity index (χ3n) is 4.92. The molecule has 2 aromatic heterocycles. The normalized spacial score (nSPS) is 16.8. The van der Waals surface area contributed by atoms with Gasteiger partial charge in [0.2, 0.25) is 0 Å². The summed E-state index contributed by atoms with van der Waals surface area (Å²) in [5.74, 6) is 0.633. The topological polar surface area (TPSA) is 126 Å². The number of fused-ring (bicyclic) bond motifs is 1. The van der Waals surface area contributed by atoms with Gasteiger partial charge in [-0.25, -0.2) is 20.4 Å². The summed E-state index contributed by atoms with van der Waals surface area (Å²) >= 11 is 0. The molecule has 1 aliphatic rings. The molecule has 1 saturated heterocycles. The van der Waals surface area contributed by atoms with E-state index < -0.39 is 5.91 Å². The minimum Gasteiger partial charge on any atom is -0.368 e. The van der Waals surface area contributed by atoms with Gasteiger partial charge in [0.15, 0.2) is 22.8 Å². The van der Waals surface area contributed by atoms with Crippen LogP contribution in [0.3, 0.4) is 0 Å². The molecule has 10 heteroatoms. The second-order valence-corrected chi connectivity index (χ2v) is 7.47. The first kappa shape index (κ1) is 20.9. The first-order chi connectivity index (χ1) is 15.0. The first-order valence-corrected chi connectivity index (χ1v) is 10.1. The Hall–Kier alpha value is -3.34. The molecular formula is C21H25N7O3. The number of nitrogens with zero attached hydrogens (tertiary/aromatic N) is 4. The lowest BCUT2D eigenvalue weighted by Crippen LogP contribution is -2.34. The van der Waals surface area contributed by atoms with Crippen LogP contribution in [0.5, 0.6) is 0 Å².